The highest BCUT2D eigenvalue weighted by atomic mass is 16.2. The molecule has 0 unspecified atom stereocenters. The van der Waals surface area contributed by atoms with Crippen molar-refractivity contribution in [3.63, 3.8) is 0 Å². The fourth-order valence-corrected chi connectivity index (χ4v) is 3.26. The van der Waals surface area contributed by atoms with Gasteiger partial charge in [0.05, 0.1) is 0 Å². The van der Waals surface area contributed by atoms with Gasteiger partial charge in [-0.25, -0.2) is 0 Å². The van der Waals surface area contributed by atoms with E-state index < -0.39 is 0 Å². The van der Waals surface area contributed by atoms with Crippen LogP contribution in [0.3, 0.4) is 0 Å². The van der Waals surface area contributed by atoms with Crippen molar-refractivity contribution < 1.29 is 4.79 Å². The van der Waals surface area contributed by atoms with Crippen molar-refractivity contribution >= 4 is 5.91 Å². The summed E-state index contributed by atoms with van der Waals surface area (Å²) in [5, 5.41) is 4.41. The van der Waals surface area contributed by atoms with Crippen molar-refractivity contribution in [2.75, 3.05) is 6.54 Å². The molecule has 5 heteroatoms. The van der Waals surface area contributed by atoms with Crippen LogP contribution in [0.25, 0.3) is 0 Å². The van der Waals surface area contributed by atoms with E-state index in [4.69, 9.17) is 0 Å². The van der Waals surface area contributed by atoms with Crippen molar-refractivity contribution in [2.45, 2.75) is 51.6 Å². The van der Waals surface area contributed by atoms with Crippen LogP contribution in [-0.2, 0) is 13.0 Å². The summed E-state index contributed by atoms with van der Waals surface area (Å²) in [5.41, 5.74) is 1.86. The van der Waals surface area contributed by atoms with E-state index in [-0.39, 0.29) is 5.91 Å². The lowest BCUT2D eigenvalue weighted by Gasteiger charge is -2.24. The maximum Gasteiger partial charge on any atom is 0.274 e. The molecule has 1 atom stereocenters. The van der Waals surface area contributed by atoms with Gasteiger partial charge in [0, 0.05) is 37.7 Å². The van der Waals surface area contributed by atoms with Crippen molar-refractivity contribution in [3.05, 3.63) is 48.0 Å². The summed E-state index contributed by atoms with van der Waals surface area (Å²) < 4.78 is 1.86. The summed E-state index contributed by atoms with van der Waals surface area (Å²) in [4.78, 5) is 18.8. The molecule has 23 heavy (non-hydrogen) atoms. The third-order valence-corrected chi connectivity index (χ3v) is 4.47. The molecule has 2 aromatic heterocycles. The molecule has 0 N–H and O–H groups in total. The fourth-order valence-electron chi connectivity index (χ4n) is 3.26. The summed E-state index contributed by atoms with van der Waals surface area (Å²) in [6, 6.07) is 6.27. The number of nitrogens with zero attached hydrogens (tertiary/aromatic N) is 4. The molecule has 1 aliphatic heterocycles. The molecule has 0 saturated carbocycles. The van der Waals surface area contributed by atoms with Crippen molar-refractivity contribution in [1.82, 2.24) is 19.7 Å². The average molecular weight is 312 g/mol. The third kappa shape index (κ3) is 3.78. The first-order chi connectivity index (χ1) is 11.3. The number of hydrogen-bond acceptors (Lipinski definition) is 3. The predicted octanol–water partition coefficient (Wildman–Crippen LogP) is 2.93. The molecule has 3 heterocycles. The molecule has 0 spiro atoms. The van der Waals surface area contributed by atoms with Crippen LogP contribution in [0.15, 0.2) is 36.8 Å². The van der Waals surface area contributed by atoms with E-state index in [0.717, 1.165) is 45.2 Å². The Morgan fingerprint density at radius 1 is 1.30 bits per heavy atom. The van der Waals surface area contributed by atoms with E-state index in [1.54, 1.807) is 0 Å². The third-order valence-electron chi connectivity index (χ3n) is 4.47. The SMILES string of the molecule is CCCn1ccc(C(=O)N2CCC[C@H]2CCc2ccncc2)n1. The minimum atomic E-state index is 0.0806. The molecule has 5 nitrogen and oxygen atoms in total. The zero-order valence-electron chi connectivity index (χ0n) is 13.7. The largest absolute Gasteiger partial charge is 0.334 e. The van der Waals surface area contributed by atoms with Gasteiger partial charge in [0.1, 0.15) is 5.69 Å². The summed E-state index contributed by atoms with van der Waals surface area (Å²) in [7, 11) is 0. The standard InChI is InChI=1S/C18H24N4O/c1-2-12-21-14-9-17(20-21)18(23)22-13-3-4-16(22)6-5-15-7-10-19-11-8-15/h7-11,14,16H,2-6,12-13H2,1H3/t16-/m0/s1. The first-order valence-corrected chi connectivity index (χ1v) is 8.51. The van der Waals surface area contributed by atoms with Gasteiger partial charge in [0.25, 0.3) is 5.91 Å². The van der Waals surface area contributed by atoms with Gasteiger partial charge in [-0.3, -0.25) is 14.5 Å². The monoisotopic (exact) mass is 312 g/mol. The topological polar surface area (TPSA) is 51.0 Å². The second-order valence-corrected chi connectivity index (χ2v) is 6.15. The number of carbonyl (C=O) groups excluding carboxylic acids is 1. The number of aromatic nitrogens is 3. The van der Waals surface area contributed by atoms with Crippen LogP contribution in [-0.4, -0.2) is 38.2 Å². The molecule has 3 rings (SSSR count). The Bertz CT molecular complexity index is 637. The molecule has 1 fully saturated rings. The molecule has 0 bridgehead atoms. The Balaban J connectivity index is 1.62. The summed E-state index contributed by atoms with van der Waals surface area (Å²) in [5.74, 6) is 0.0806. The van der Waals surface area contributed by atoms with Crippen LogP contribution >= 0.6 is 0 Å². The van der Waals surface area contributed by atoms with E-state index in [9.17, 15) is 4.79 Å². The molecule has 1 aliphatic rings. The van der Waals surface area contributed by atoms with Gasteiger partial charge in [-0.2, -0.15) is 5.10 Å². The highest BCUT2D eigenvalue weighted by molar-refractivity contribution is 5.92. The maximum absolute atomic E-state index is 12.7. The number of amides is 1. The van der Waals surface area contributed by atoms with Crippen LogP contribution in [0.1, 0.15) is 48.7 Å². The van der Waals surface area contributed by atoms with Crippen LogP contribution in [0.5, 0.6) is 0 Å². The van der Waals surface area contributed by atoms with E-state index >= 15 is 0 Å². The Labute approximate surface area is 137 Å². The number of carbonyl (C=O) groups is 1. The lowest BCUT2D eigenvalue weighted by molar-refractivity contribution is 0.0723. The molecule has 122 valence electrons. The minimum Gasteiger partial charge on any atom is -0.334 e. The highest BCUT2D eigenvalue weighted by Gasteiger charge is 2.30. The predicted molar refractivity (Wildman–Crippen MR) is 89.1 cm³/mol. The minimum absolute atomic E-state index is 0.0806. The molecule has 0 aliphatic carbocycles. The Hall–Kier alpha value is -2.17. The summed E-state index contributed by atoms with van der Waals surface area (Å²) in [6.07, 6.45) is 10.7. The van der Waals surface area contributed by atoms with E-state index in [2.05, 4.69) is 17.0 Å². The smallest absolute Gasteiger partial charge is 0.274 e. The quantitative estimate of drug-likeness (QED) is 0.824. The van der Waals surface area contributed by atoms with Crippen LogP contribution < -0.4 is 0 Å². The van der Waals surface area contributed by atoms with Crippen LogP contribution in [0.2, 0.25) is 0 Å². The van der Waals surface area contributed by atoms with E-state index in [1.165, 1.54) is 5.56 Å². The molecule has 1 saturated heterocycles. The Morgan fingerprint density at radius 2 is 2.13 bits per heavy atom. The molecular weight excluding hydrogens is 288 g/mol. The van der Waals surface area contributed by atoms with Crippen LogP contribution in [0, 0.1) is 0 Å². The highest BCUT2D eigenvalue weighted by Crippen LogP contribution is 2.23. The number of rotatable bonds is 6. The van der Waals surface area contributed by atoms with Gasteiger partial charge in [-0.15, -0.1) is 0 Å². The molecule has 1 amide bonds. The van der Waals surface area contributed by atoms with Gasteiger partial charge in [0.15, 0.2) is 0 Å². The molecule has 2 aromatic rings. The second kappa shape index (κ2) is 7.40. The van der Waals surface area contributed by atoms with E-state index in [0.29, 0.717) is 11.7 Å². The van der Waals surface area contributed by atoms with Gasteiger partial charge in [-0.05, 0) is 55.9 Å². The number of aryl methyl sites for hydroxylation is 2. The summed E-state index contributed by atoms with van der Waals surface area (Å²) in [6.45, 7) is 3.82. The normalized spacial score (nSPS) is 17.6. The molecule has 0 radical (unpaired) electrons. The first-order valence-electron chi connectivity index (χ1n) is 8.51. The van der Waals surface area contributed by atoms with Gasteiger partial charge in [0.2, 0.25) is 0 Å². The molecule has 0 aromatic carbocycles. The lowest BCUT2D eigenvalue weighted by Crippen LogP contribution is -2.36. The van der Waals surface area contributed by atoms with E-state index in [1.807, 2.05) is 46.4 Å². The van der Waals surface area contributed by atoms with Gasteiger partial charge < -0.3 is 4.90 Å². The first kappa shape index (κ1) is 15.7. The fraction of sp³-hybridized carbons (Fsp3) is 0.500. The van der Waals surface area contributed by atoms with Crippen molar-refractivity contribution in [3.8, 4) is 0 Å². The summed E-state index contributed by atoms with van der Waals surface area (Å²) >= 11 is 0. The number of likely N-dealkylation sites (tertiary alicyclic amines) is 1. The molecular formula is C18H24N4O. The van der Waals surface area contributed by atoms with Crippen molar-refractivity contribution in [1.29, 1.82) is 0 Å². The maximum atomic E-state index is 12.7. The number of hydrogen-bond donors (Lipinski definition) is 0. The second-order valence-electron chi connectivity index (χ2n) is 6.15. The van der Waals surface area contributed by atoms with Gasteiger partial charge in [-0.1, -0.05) is 6.92 Å². The zero-order chi connectivity index (χ0) is 16.1. The lowest BCUT2D eigenvalue weighted by atomic mass is 10.0. The van der Waals surface area contributed by atoms with Gasteiger partial charge >= 0.3 is 0 Å². The Kier molecular flexibility index (Phi) is 5.05. The number of pyridine rings is 1. The van der Waals surface area contributed by atoms with Crippen LogP contribution in [0.4, 0.5) is 0 Å². The zero-order valence-corrected chi connectivity index (χ0v) is 13.7. The average Bonchev–Trinajstić information content (AvgIpc) is 3.23. The van der Waals surface area contributed by atoms with Crippen molar-refractivity contribution in [2.24, 2.45) is 0 Å². The Morgan fingerprint density at radius 3 is 2.91 bits per heavy atom.